The van der Waals surface area contributed by atoms with Gasteiger partial charge < -0.3 is 5.11 Å². The van der Waals surface area contributed by atoms with Crippen LogP contribution in [0.25, 0.3) is 10.9 Å². The van der Waals surface area contributed by atoms with Gasteiger partial charge in [-0.05, 0) is 36.8 Å². The number of aliphatic hydroxyl groups excluding tert-OH is 1. The number of rotatable bonds is 3. The molecule has 100 valence electrons. The van der Waals surface area contributed by atoms with Crippen LogP contribution in [0.2, 0.25) is 0 Å². The van der Waals surface area contributed by atoms with Gasteiger partial charge in [-0.15, -0.1) is 0 Å². The SMILES string of the molecule is Cc1cc(C(O)Cc2ccc3ccccc3n2)ccn1. The van der Waals surface area contributed by atoms with Gasteiger partial charge in [-0.3, -0.25) is 9.97 Å². The van der Waals surface area contributed by atoms with E-state index in [1.807, 2.05) is 55.5 Å². The summed E-state index contributed by atoms with van der Waals surface area (Å²) in [5.41, 5.74) is 3.65. The fourth-order valence-electron chi connectivity index (χ4n) is 2.31. The molecule has 0 amide bonds. The average Bonchev–Trinajstić information content (AvgIpc) is 2.47. The summed E-state index contributed by atoms with van der Waals surface area (Å²) in [5, 5.41) is 11.4. The number of benzene rings is 1. The quantitative estimate of drug-likeness (QED) is 0.790. The van der Waals surface area contributed by atoms with Crippen molar-refractivity contribution < 1.29 is 5.11 Å². The van der Waals surface area contributed by atoms with Crippen LogP contribution in [0.5, 0.6) is 0 Å². The second-order valence-corrected chi connectivity index (χ2v) is 4.95. The minimum atomic E-state index is -0.551. The van der Waals surface area contributed by atoms with Crippen molar-refractivity contribution in [3.8, 4) is 0 Å². The van der Waals surface area contributed by atoms with E-state index in [-0.39, 0.29) is 0 Å². The summed E-state index contributed by atoms with van der Waals surface area (Å²) >= 11 is 0. The molecule has 0 aliphatic rings. The molecular formula is C17H16N2O. The molecule has 0 fully saturated rings. The topological polar surface area (TPSA) is 46.0 Å². The zero-order valence-corrected chi connectivity index (χ0v) is 11.3. The Morgan fingerprint density at radius 3 is 2.80 bits per heavy atom. The number of aliphatic hydroxyl groups is 1. The summed E-state index contributed by atoms with van der Waals surface area (Å²) in [6.07, 6.45) is 1.68. The largest absolute Gasteiger partial charge is 0.388 e. The van der Waals surface area contributed by atoms with Crippen molar-refractivity contribution in [1.82, 2.24) is 9.97 Å². The Labute approximate surface area is 117 Å². The van der Waals surface area contributed by atoms with Crippen LogP contribution in [-0.2, 0) is 6.42 Å². The number of pyridine rings is 2. The minimum Gasteiger partial charge on any atom is -0.388 e. The lowest BCUT2D eigenvalue weighted by atomic mass is 10.0. The van der Waals surface area contributed by atoms with Crippen molar-refractivity contribution in [1.29, 1.82) is 0 Å². The number of aromatic nitrogens is 2. The van der Waals surface area contributed by atoms with Crippen molar-refractivity contribution in [2.24, 2.45) is 0 Å². The zero-order chi connectivity index (χ0) is 13.9. The zero-order valence-electron chi connectivity index (χ0n) is 11.3. The smallest absolute Gasteiger partial charge is 0.0846 e. The van der Waals surface area contributed by atoms with Crippen LogP contribution in [0, 0.1) is 6.92 Å². The maximum atomic E-state index is 10.3. The van der Waals surface area contributed by atoms with Gasteiger partial charge in [0.15, 0.2) is 0 Å². The lowest BCUT2D eigenvalue weighted by Gasteiger charge is -2.11. The van der Waals surface area contributed by atoms with E-state index in [0.29, 0.717) is 6.42 Å². The highest BCUT2D eigenvalue weighted by Crippen LogP contribution is 2.19. The van der Waals surface area contributed by atoms with Crippen LogP contribution in [0.15, 0.2) is 54.7 Å². The summed E-state index contributed by atoms with van der Waals surface area (Å²) in [4.78, 5) is 8.73. The Balaban J connectivity index is 1.85. The fraction of sp³-hybridized carbons (Fsp3) is 0.176. The second-order valence-electron chi connectivity index (χ2n) is 4.95. The Kier molecular flexibility index (Phi) is 3.44. The molecule has 2 aromatic heterocycles. The number of nitrogens with zero attached hydrogens (tertiary/aromatic N) is 2. The summed E-state index contributed by atoms with van der Waals surface area (Å²) in [6, 6.07) is 15.8. The van der Waals surface area contributed by atoms with Crippen molar-refractivity contribution in [3.63, 3.8) is 0 Å². The molecule has 0 aliphatic carbocycles. The van der Waals surface area contributed by atoms with E-state index in [2.05, 4.69) is 9.97 Å². The highest BCUT2D eigenvalue weighted by molar-refractivity contribution is 5.78. The molecule has 0 bridgehead atoms. The van der Waals surface area contributed by atoms with Crippen LogP contribution < -0.4 is 0 Å². The summed E-state index contributed by atoms with van der Waals surface area (Å²) in [7, 11) is 0. The van der Waals surface area contributed by atoms with E-state index >= 15 is 0 Å². The van der Waals surface area contributed by atoms with Gasteiger partial charge in [0.2, 0.25) is 0 Å². The molecule has 1 N–H and O–H groups in total. The van der Waals surface area contributed by atoms with E-state index in [9.17, 15) is 5.11 Å². The summed E-state index contributed by atoms with van der Waals surface area (Å²) < 4.78 is 0. The van der Waals surface area contributed by atoms with E-state index < -0.39 is 6.10 Å². The molecular weight excluding hydrogens is 248 g/mol. The van der Waals surface area contributed by atoms with Crippen molar-refractivity contribution in [3.05, 3.63) is 71.7 Å². The fourth-order valence-corrected chi connectivity index (χ4v) is 2.31. The molecule has 1 unspecified atom stereocenters. The van der Waals surface area contributed by atoms with Crippen LogP contribution in [-0.4, -0.2) is 15.1 Å². The van der Waals surface area contributed by atoms with E-state index in [1.165, 1.54) is 0 Å². The molecule has 0 radical (unpaired) electrons. The van der Waals surface area contributed by atoms with E-state index in [4.69, 9.17) is 0 Å². The van der Waals surface area contributed by atoms with E-state index in [1.54, 1.807) is 6.20 Å². The molecule has 0 aliphatic heterocycles. The highest BCUT2D eigenvalue weighted by Gasteiger charge is 2.10. The Morgan fingerprint density at radius 1 is 1.10 bits per heavy atom. The van der Waals surface area contributed by atoms with Crippen molar-refractivity contribution >= 4 is 10.9 Å². The third-order valence-electron chi connectivity index (χ3n) is 3.36. The number of para-hydroxylation sites is 1. The first-order chi connectivity index (χ1) is 9.72. The summed E-state index contributed by atoms with van der Waals surface area (Å²) in [5.74, 6) is 0. The lowest BCUT2D eigenvalue weighted by molar-refractivity contribution is 0.177. The normalized spacial score (nSPS) is 12.5. The first-order valence-electron chi connectivity index (χ1n) is 6.68. The Bertz CT molecular complexity index is 740. The monoisotopic (exact) mass is 264 g/mol. The van der Waals surface area contributed by atoms with Gasteiger partial charge in [-0.2, -0.15) is 0 Å². The molecule has 3 rings (SSSR count). The van der Waals surface area contributed by atoms with Crippen molar-refractivity contribution in [2.75, 3.05) is 0 Å². The predicted molar refractivity (Wildman–Crippen MR) is 79.4 cm³/mol. The molecule has 0 saturated carbocycles. The predicted octanol–water partition coefficient (Wildman–Crippen LogP) is 3.21. The van der Waals surface area contributed by atoms with Crippen LogP contribution in [0.3, 0.4) is 0 Å². The number of aryl methyl sites for hydroxylation is 1. The third kappa shape index (κ3) is 2.68. The maximum Gasteiger partial charge on any atom is 0.0846 e. The van der Waals surface area contributed by atoms with Gasteiger partial charge >= 0.3 is 0 Å². The van der Waals surface area contributed by atoms with Gasteiger partial charge in [-0.1, -0.05) is 24.3 Å². The molecule has 3 nitrogen and oxygen atoms in total. The molecule has 1 atom stereocenters. The maximum absolute atomic E-state index is 10.3. The molecule has 3 aromatic rings. The minimum absolute atomic E-state index is 0.508. The Morgan fingerprint density at radius 2 is 1.95 bits per heavy atom. The molecule has 1 aromatic carbocycles. The van der Waals surface area contributed by atoms with Gasteiger partial charge in [0.25, 0.3) is 0 Å². The first-order valence-corrected chi connectivity index (χ1v) is 6.68. The Hall–Kier alpha value is -2.26. The second kappa shape index (κ2) is 5.39. The van der Waals surface area contributed by atoms with Crippen molar-refractivity contribution in [2.45, 2.75) is 19.4 Å². The van der Waals surface area contributed by atoms with E-state index in [0.717, 1.165) is 27.9 Å². The number of fused-ring (bicyclic) bond motifs is 1. The lowest BCUT2D eigenvalue weighted by Crippen LogP contribution is -2.04. The molecule has 0 spiro atoms. The van der Waals surface area contributed by atoms with Crippen LogP contribution in [0.4, 0.5) is 0 Å². The highest BCUT2D eigenvalue weighted by atomic mass is 16.3. The molecule has 2 heterocycles. The standard InChI is InChI=1S/C17H16N2O/c1-12-10-14(8-9-18-12)17(20)11-15-7-6-13-4-2-3-5-16(13)19-15/h2-10,17,20H,11H2,1H3. The number of hydrogen-bond donors (Lipinski definition) is 1. The molecule has 20 heavy (non-hydrogen) atoms. The molecule has 3 heteroatoms. The van der Waals surface area contributed by atoms with Gasteiger partial charge in [-0.25, -0.2) is 0 Å². The van der Waals surface area contributed by atoms with Gasteiger partial charge in [0.1, 0.15) is 0 Å². The third-order valence-corrected chi connectivity index (χ3v) is 3.36. The first kappa shape index (κ1) is 12.8. The average molecular weight is 264 g/mol. The van der Waals surface area contributed by atoms with Gasteiger partial charge in [0, 0.05) is 29.4 Å². The summed E-state index contributed by atoms with van der Waals surface area (Å²) in [6.45, 7) is 1.92. The van der Waals surface area contributed by atoms with Gasteiger partial charge in [0.05, 0.1) is 11.6 Å². The number of hydrogen-bond acceptors (Lipinski definition) is 3. The van der Waals surface area contributed by atoms with Crippen LogP contribution in [0.1, 0.15) is 23.1 Å². The molecule has 0 saturated heterocycles. The van der Waals surface area contributed by atoms with Crippen LogP contribution >= 0.6 is 0 Å².